The van der Waals surface area contributed by atoms with Crippen molar-refractivity contribution in [2.24, 2.45) is 5.73 Å². The highest BCUT2D eigenvalue weighted by atomic mass is 16.1. The summed E-state index contributed by atoms with van der Waals surface area (Å²) in [7, 11) is 5.67. The molecule has 1 unspecified atom stereocenters. The van der Waals surface area contributed by atoms with Crippen LogP contribution < -0.4 is 5.73 Å². The highest BCUT2D eigenvalue weighted by Gasteiger charge is 2.22. The van der Waals surface area contributed by atoms with Crippen molar-refractivity contribution in [1.29, 1.82) is 0 Å². The van der Waals surface area contributed by atoms with Crippen molar-refractivity contribution in [1.82, 2.24) is 0 Å². The molecule has 3 heteroatoms. The predicted molar refractivity (Wildman–Crippen MR) is 52.1 cm³/mol. The molecule has 68 valence electrons. The van der Waals surface area contributed by atoms with E-state index in [2.05, 4.69) is 6.92 Å². The molecule has 0 aromatic rings. The van der Waals surface area contributed by atoms with Gasteiger partial charge < -0.3 is 5.73 Å². The van der Waals surface area contributed by atoms with Gasteiger partial charge in [-0.25, -0.2) is 0 Å². The summed E-state index contributed by atoms with van der Waals surface area (Å²) in [6.45, 7) is 3.84. The second-order valence-corrected chi connectivity index (χ2v) is 3.59. The molecular weight excluding hydrogens is 149 g/mol. The third kappa shape index (κ3) is 4.42. The summed E-state index contributed by atoms with van der Waals surface area (Å²) < 4.78 is 0. The van der Waals surface area contributed by atoms with Crippen molar-refractivity contribution in [3.05, 3.63) is 0 Å². The number of rotatable bonds is 6. The maximum atomic E-state index is 10.8. The Bertz CT molecular complexity index is 145. The van der Waals surface area contributed by atoms with Gasteiger partial charge in [-0.15, -0.1) is 0 Å². The lowest BCUT2D eigenvalue weighted by Crippen LogP contribution is -2.28. The molecule has 12 heavy (non-hydrogen) atoms. The van der Waals surface area contributed by atoms with Crippen molar-refractivity contribution in [3.63, 3.8) is 0 Å². The Morgan fingerprint density at radius 1 is 1.42 bits per heavy atom. The zero-order chi connectivity index (χ0) is 9.61. The molecule has 1 amide bonds. The van der Waals surface area contributed by atoms with Gasteiger partial charge in [-0.2, -0.15) is 0 Å². The number of primary amides is 1. The van der Waals surface area contributed by atoms with Crippen LogP contribution in [0, 0.1) is 0 Å². The molecule has 2 N–H and O–H groups in total. The van der Waals surface area contributed by atoms with Crippen molar-refractivity contribution in [3.8, 4) is 0 Å². The topological polar surface area (TPSA) is 43.1 Å². The first-order chi connectivity index (χ1) is 5.50. The fraction of sp³-hybridized carbons (Fsp3) is 0.889. The van der Waals surface area contributed by atoms with Gasteiger partial charge in [0.1, 0.15) is 0 Å². The Morgan fingerprint density at radius 2 is 2.00 bits per heavy atom. The van der Waals surface area contributed by atoms with Crippen LogP contribution in [0.25, 0.3) is 0 Å². The lowest BCUT2D eigenvalue weighted by molar-refractivity contribution is -0.120. The van der Waals surface area contributed by atoms with Gasteiger partial charge in [0, 0.05) is 5.31 Å². The van der Waals surface area contributed by atoms with E-state index in [4.69, 9.17) is 13.6 Å². The maximum absolute atomic E-state index is 10.8. The number of amides is 1. The Labute approximate surface area is 76.3 Å². The van der Waals surface area contributed by atoms with Crippen LogP contribution in [0.4, 0.5) is 0 Å². The van der Waals surface area contributed by atoms with Crippen LogP contribution in [0.3, 0.4) is 0 Å². The van der Waals surface area contributed by atoms with E-state index in [1.54, 1.807) is 6.92 Å². The summed E-state index contributed by atoms with van der Waals surface area (Å²) in [5.41, 5.74) is 5.12. The highest BCUT2D eigenvalue weighted by molar-refractivity contribution is 6.27. The summed E-state index contributed by atoms with van der Waals surface area (Å²) in [6, 6.07) is 0. The van der Waals surface area contributed by atoms with E-state index in [-0.39, 0.29) is 0 Å². The maximum Gasteiger partial charge on any atom is 0.214 e. The van der Waals surface area contributed by atoms with Gasteiger partial charge in [-0.3, -0.25) is 4.79 Å². The summed E-state index contributed by atoms with van der Waals surface area (Å²) >= 11 is 0. The van der Waals surface area contributed by atoms with Crippen LogP contribution in [-0.2, 0) is 4.79 Å². The number of hydrogen-bond donors (Lipinski definition) is 1. The fourth-order valence-corrected chi connectivity index (χ4v) is 1.04. The van der Waals surface area contributed by atoms with Crippen molar-refractivity contribution < 1.29 is 4.79 Å². The van der Waals surface area contributed by atoms with Gasteiger partial charge in [0.2, 0.25) is 5.91 Å². The number of nitrogens with two attached hydrogens (primary N) is 1. The third-order valence-corrected chi connectivity index (χ3v) is 2.11. The molecule has 0 saturated heterocycles. The van der Waals surface area contributed by atoms with E-state index in [1.807, 2.05) is 0 Å². The molecule has 0 aliphatic rings. The highest BCUT2D eigenvalue weighted by Crippen LogP contribution is 2.27. The fourth-order valence-electron chi connectivity index (χ4n) is 1.04. The molecule has 0 aromatic heterocycles. The molecule has 0 spiro atoms. The normalized spacial score (nSPS) is 15.5. The number of carbonyl (C=O) groups excluding carboxylic acids is 1. The van der Waals surface area contributed by atoms with Gasteiger partial charge in [0.15, 0.2) is 0 Å². The van der Waals surface area contributed by atoms with E-state index >= 15 is 0 Å². The summed E-state index contributed by atoms with van der Waals surface area (Å²) in [5.74, 6) is -0.404. The van der Waals surface area contributed by atoms with Crippen LogP contribution in [-0.4, -0.2) is 13.8 Å². The molecule has 0 rings (SSSR count). The number of carbonyl (C=O) groups is 1. The molecule has 0 aromatic carbocycles. The van der Waals surface area contributed by atoms with E-state index in [9.17, 15) is 4.79 Å². The lowest BCUT2D eigenvalue weighted by atomic mass is 9.67. The molecule has 2 nitrogen and oxygen atoms in total. The van der Waals surface area contributed by atoms with Gasteiger partial charge in [0.05, 0.1) is 7.85 Å². The van der Waals surface area contributed by atoms with Crippen LogP contribution >= 0.6 is 0 Å². The first-order valence-corrected chi connectivity index (χ1v) is 4.59. The monoisotopic (exact) mass is 167 g/mol. The summed E-state index contributed by atoms with van der Waals surface area (Å²) in [6.07, 6.45) is 5.22. The third-order valence-electron chi connectivity index (χ3n) is 2.11. The smallest absolute Gasteiger partial charge is 0.214 e. The Balaban J connectivity index is 3.54. The van der Waals surface area contributed by atoms with Crippen LogP contribution in [0.5, 0.6) is 0 Å². The molecule has 0 aliphatic heterocycles. The molecule has 2 radical (unpaired) electrons. The Morgan fingerprint density at radius 3 is 2.42 bits per heavy atom. The number of hydrogen-bond acceptors (Lipinski definition) is 1. The van der Waals surface area contributed by atoms with E-state index in [1.165, 1.54) is 12.8 Å². The second-order valence-electron chi connectivity index (χ2n) is 3.59. The molecule has 0 bridgehead atoms. The Kier molecular flexibility index (Phi) is 5.03. The minimum atomic E-state index is -0.812. The van der Waals surface area contributed by atoms with Crippen LogP contribution in [0.1, 0.15) is 46.0 Å². The SMILES string of the molecule is [B]C(C)(CCCCCC)C(N)=O. The van der Waals surface area contributed by atoms with Crippen LogP contribution in [0.15, 0.2) is 0 Å². The Hall–Kier alpha value is -0.465. The van der Waals surface area contributed by atoms with Crippen LogP contribution in [0.2, 0.25) is 5.31 Å². The average Bonchev–Trinajstić information content (AvgIpc) is 1.98. The largest absolute Gasteiger partial charge is 0.370 e. The molecule has 1 atom stereocenters. The molecule has 0 heterocycles. The summed E-state index contributed by atoms with van der Waals surface area (Å²) in [5, 5.41) is -0.812. The lowest BCUT2D eigenvalue weighted by Gasteiger charge is -2.20. The summed E-state index contributed by atoms with van der Waals surface area (Å²) in [4.78, 5) is 10.8. The predicted octanol–water partition coefficient (Wildman–Crippen LogP) is 1.79. The van der Waals surface area contributed by atoms with Crippen molar-refractivity contribution >= 4 is 13.8 Å². The molecule has 0 saturated carbocycles. The molecule has 0 aliphatic carbocycles. The zero-order valence-electron chi connectivity index (χ0n) is 8.10. The number of unbranched alkanes of at least 4 members (excludes halogenated alkanes) is 3. The van der Waals surface area contributed by atoms with Gasteiger partial charge in [-0.05, 0) is 6.42 Å². The average molecular weight is 167 g/mol. The first-order valence-electron chi connectivity index (χ1n) is 4.59. The first kappa shape index (κ1) is 11.5. The van der Waals surface area contributed by atoms with Gasteiger partial charge in [0.25, 0.3) is 0 Å². The zero-order valence-corrected chi connectivity index (χ0v) is 8.10. The molecular formula is C9H18BNO. The molecule has 0 fully saturated rings. The second kappa shape index (κ2) is 5.23. The van der Waals surface area contributed by atoms with E-state index in [0.29, 0.717) is 6.42 Å². The van der Waals surface area contributed by atoms with Crippen molar-refractivity contribution in [2.45, 2.75) is 51.3 Å². The quantitative estimate of drug-likeness (QED) is 0.475. The van der Waals surface area contributed by atoms with E-state index < -0.39 is 11.2 Å². The van der Waals surface area contributed by atoms with Gasteiger partial charge >= 0.3 is 0 Å². The van der Waals surface area contributed by atoms with E-state index in [0.717, 1.165) is 12.8 Å². The standard InChI is InChI=1S/C9H18BNO/c1-3-4-5-6-7-9(2,10)8(11)12/h3-7H2,1-2H3,(H2,11,12). The minimum absolute atomic E-state index is 0.404. The van der Waals surface area contributed by atoms with Gasteiger partial charge in [-0.1, -0.05) is 39.5 Å². The van der Waals surface area contributed by atoms with Crippen molar-refractivity contribution in [2.75, 3.05) is 0 Å². The minimum Gasteiger partial charge on any atom is -0.370 e.